The lowest BCUT2D eigenvalue weighted by atomic mass is 10.9. The van der Waals surface area contributed by atoms with Gasteiger partial charge in [0.05, 0.1) is 0 Å². The van der Waals surface area contributed by atoms with Gasteiger partial charge in [0.2, 0.25) is 0 Å². The summed E-state index contributed by atoms with van der Waals surface area (Å²) in [6.07, 6.45) is 2.51. The average Bonchev–Trinajstić information content (AvgIpc) is 2.21. The second-order valence-electron chi connectivity index (χ2n) is 3.72. The SMILES string of the molecule is CCOC[Si](C)(COCC)COCC. The molecule has 0 N–H and O–H groups in total. The normalized spacial score (nSPS) is 12.0. The summed E-state index contributed by atoms with van der Waals surface area (Å²) in [5.41, 5.74) is 0. The summed E-state index contributed by atoms with van der Waals surface area (Å²) in [6, 6.07) is 0. The van der Waals surface area contributed by atoms with Crippen LogP contribution in [0.4, 0.5) is 0 Å². The maximum absolute atomic E-state index is 5.49. The van der Waals surface area contributed by atoms with Gasteiger partial charge in [0, 0.05) is 38.5 Å². The van der Waals surface area contributed by atoms with E-state index in [0.717, 1.165) is 38.5 Å². The summed E-state index contributed by atoms with van der Waals surface area (Å²) in [4.78, 5) is 0. The summed E-state index contributed by atoms with van der Waals surface area (Å²) < 4.78 is 16.5. The fraction of sp³-hybridized carbons (Fsp3) is 1.00. The molecule has 0 fully saturated rings. The molecule has 3 nitrogen and oxygen atoms in total. The van der Waals surface area contributed by atoms with E-state index in [9.17, 15) is 0 Å². The van der Waals surface area contributed by atoms with Crippen molar-refractivity contribution in [3.63, 3.8) is 0 Å². The van der Waals surface area contributed by atoms with Gasteiger partial charge in [-0.25, -0.2) is 0 Å². The summed E-state index contributed by atoms with van der Waals surface area (Å²) in [5.74, 6) is 0. The molecule has 0 saturated heterocycles. The highest BCUT2D eigenvalue weighted by Gasteiger charge is 2.28. The molecule has 0 aromatic rings. The van der Waals surface area contributed by atoms with Gasteiger partial charge in [-0.3, -0.25) is 0 Å². The van der Waals surface area contributed by atoms with Crippen LogP contribution in [0.3, 0.4) is 0 Å². The van der Waals surface area contributed by atoms with Crippen molar-refractivity contribution in [1.29, 1.82) is 0 Å². The van der Waals surface area contributed by atoms with Crippen molar-refractivity contribution in [2.45, 2.75) is 27.3 Å². The summed E-state index contributed by atoms with van der Waals surface area (Å²) in [7, 11) is -1.48. The molecule has 14 heavy (non-hydrogen) atoms. The van der Waals surface area contributed by atoms with Crippen molar-refractivity contribution in [3.8, 4) is 0 Å². The van der Waals surface area contributed by atoms with Crippen molar-refractivity contribution in [2.75, 3.05) is 38.5 Å². The molecule has 0 heterocycles. The van der Waals surface area contributed by atoms with E-state index in [2.05, 4.69) is 6.55 Å². The van der Waals surface area contributed by atoms with Crippen molar-refractivity contribution >= 4 is 8.07 Å². The third-order valence-corrected chi connectivity index (χ3v) is 4.67. The molecule has 0 radical (unpaired) electrons. The van der Waals surface area contributed by atoms with E-state index in [1.54, 1.807) is 0 Å². The zero-order valence-corrected chi connectivity index (χ0v) is 11.0. The number of ether oxygens (including phenoxy) is 3. The fourth-order valence-corrected chi connectivity index (χ4v) is 3.51. The van der Waals surface area contributed by atoms with Crippen LogP contribution in [0.15, 0.2) is 0 Å². The van der Waals surface area contributed by atoms with E-state index in [0.29, 0.717) is 0 Å². The molecule has 0 saturated carbocycles. The molecule has 0 aromatic heterocycles. The van der Waals surface area contributed by atoms with Crippen LogP contribution in [-0.2, 0) is 14.2 Å². The average molecular weight is 220 g/mol. The second-order valence-corrected chi connectivity index (χ2v) is 8.21. The second kappa shape index (κ2) is 8.41. The first-order valence-corrected chi connectivity index (χ1v) is 8.54. The van der Waals surface area contributed by atoms with Gasteiger partial charge in [-0.15, -0.1) is 0 Å². The molecule has 4 heteroatoms. The third kappa shape index (κ3) is 6.54. The lowest BCUT2D eigenvalue weighted by Gasteiger charge is -2.26. The molecule has 0 amide bonds. The lowest BCUT2D eigenvalue weighted by molar-refractivity contribution is 0.139. The highest BCUT2D eigenvalue weighted by molar-refractivity contribution is 6.78. The quantitative estimate of drug-likeness (QED) is 0.555. The fourth-order valence-electron chi connectivity index (χ4n) is 1.17. The third-order valence-electron chi connectivity index (χ3n) is 1.96. The van der Waals surface area contributed by atoms with Gasteiger partial charge in [0.1, 0.15) is 8.07 Å². The lowest BCUT2D eigenvalue weighted by Crippen LogP contribution is -2.47. The summed E-state index contributed by atoms with van der Waals surface area (Å²) >= 11 is 0. The van der Waals surface area contributed by atoms with Gasteiger partial charge < -0.3 is 14.2 Å². The Bertz CT molecular complexity index is 109. The Morgan fingerprint density at radius 3 is 1.21 bits per heavy atom. The molecule has 86 valence electrons. The van der Waals surface area contributed by atoms with E-state index in [1.807, 2.05) is 20.8 Å². The van der Waals surface area contributed by atoms with Crippen LogP contribution in [0.25, 0.3) is 0 Å². The van der Waals surface area contributed by atoms with Crippen LogP contribution < -0.4 is 0 Å². The van der Waals surface area contributed by atoms with Crippen molar-refractivity contribution in [3.05, 3.63) is 0 Å². The molecule has 0 bridgehead atoms. The molecule has 0 aliphatic rings. The Kier molecular flexibility index (Phi) is 8.47. The molecule has 0 atom stereocenters. The standard InChI is InChI=1S/C10H24O3Si/c1-5-11-8-14(4,9-12-6-2)10-13-7-3/h5-10H2,1-4H3. The smallest absolute Gasteiger partial charge is 0.138 e. The Morgan fingerprint density at radius 1 is 0.714 bits per heavy atom. The molecular formula is C10H24O3Si. The molecular weight excluding hydrogens is 196 g/mol. The highest BCUT2D eigenvalue weighted by Crippen LogP contribution is 2.05. The van der Waals surface area contributed by atoms with Gasteiger partial charge in [-0.1, -0.05) is 6.55 Å². The Morgan fingerprint density at radius 2 is 1.00 bits per heavy atom. The molecule has 0 aliphatic heterocycles. The predicted molar refractivity (Wildman–Crippen MR) is 61.1 cm³/mol. The maximum Gasteiger partial charge on any atom is 0.138 e. The Hall–Kier alpha value is 0.0969. The Balaban J connectivity index is 3.89. The van der Waals surface area contributed by atoms with Crippen LogP contribution in [0.2, 0.25) is 6.55 Å². The van der Waals surface area contributed by atoms with Crippen LogP contribution in [0.5, 0.6) is 0 Å². The van der Waals surface area contributed by atoms with Gasteiger partial charge >= 0.3 is 0 Å². The largest absolute Gasteiger partial charge is 0.385 e. The van der Waals surface area contributed by atoms with E-state index >= 15 is 0 Å². The minimum Gasteiger partial charge on any atom is -0.385 e. The molecule has 0 unspecified atom stereocenters. The predicted octanol–water partition coefficient (Wildman–Crippen LogP) is 1.79. The van der Waals surface area contributed by atoms with E-state index in [1.165, 1.54) is 0 Å². The first kappa shape index (κ1) is 14.1. The first-order valence-electron chi connectivity index (χ1n) is 5.41. The highest BCUT2D eigenvalue weighted by atomic mass is 28.3. The van der Waals surface area contributed by atoms with E-state index in [-0.39, 0.29) is 0 Å². The molecule has 0 spiro atoms. The zero-order chi connectivity index (χ0) is 10.9. The van der Waals surface area contributed by atoms with Gasteiger partial charge in [0.15, 0.2) is 0 Å². The summed E-state index contributed by atoms with van der Waals surface area (Å²) in [6.45, 7) is 10.7. The minimum atomic E-state index is -1.48. The van der Waals surface area contributed by atoms with Crippen molar-refractivity contribution in [1.82, 2.24) is 0 Å². The van der Waals surface area contributed by atoms with Gasteiger partial charge in [0.25, 0.3) is 0 Å². The summed E-state index contributed by atoms with van der Waals surface area (Å²) in [5, 5.41) is 0. The van der Waals surface area contributed by atoms with Crippen LogP contribution in [-0.4, -0.2) is 46.6 Å². The maximum atomic E-state index is 5.49. The van der Waals surface area contributed by atoms with Crippen molar-refractivity contribution in [2.24, 2.45) is 0 Å². The van der Waals surface area contributed by atoms with Crippen LogP contribution in [0.1, 0.15) is 20.8 Å². The minimum absolute atomic E-state index is 0.779. The Labute approximate surface area is 88.7 Å². The van der Waals surface area contributed by atoms with Gasteiger partial charge in [-0.2, -0.15) is 0 Å². The topological polar surface area (TPSA) is 27.7 Å². The van der Waals surface area contributed by atoms with E-state index < -0.39 is 8.07 Å². The van der Waals surface area contributed by atoms with E-state index in [4.69, 9.17) is 14.2 Å². The number of rotatable bonds is 9. The number of hydrogen-bond donors (Lipinski definition) is 0. The monoisotopic (exact) mass is 220 g/mol. The molecule has 0 aliphatic carbocycles. The van der Waals surface area contributed by atoms with Crippen LogP contribution in [0, 0.1) is 0 Å². The van der Waals surface area contributed by atoms with Crippen LogP contribution >= 0.6 is 0 Å². The zero-order valence-electron chi connectivity index (χ0n) is 9.97. The molecule has 0 aromatic carbocycles. The van der Waals surface area contributed by atoms with Gasteiger partial charge in [-0.05, 0) is 20.8 Å². The number of hydrogen-bond acceptors (Lipinski definition) is 3. The first-order chi connectivity index (χ1) is 6.68. The van der Waals surface area contributed by atoms with Crippen molar-refractivity contribution < 1.29 is 14.2 Å². The molecule has 0 rings (SSSR count).